The molecule has 0 aromatic heterocycles. The predicted molar refractivity (Wildman–Crippen MR) is 59.6 cm³/mol. The van der Waals surface area contributed by atoms with Gasteiger partial charge < -0.3 is 10.1 Å². The van der Waals surface area contributed by atoms with E-state index in [4.69, 9.17) is 4.74 Å². The molecule has 0 saturated carbocycles. The Morgan fingerprint density at radius 3 is 2.29 bits per heavy atom. The molecule has 1 fully saturated rings. The summed E-state index contributed by atoms with van der Waals surface area (Å²) in [5.41, 5.74) is 0.326. The molecule has 0 bridgehead atoms. The van der Waals surface area contributed by atoms with E-state index in [2.05, 4.69) is 38.0 Å². The second-order valence-corrected chi connectivity index (χ2v) is 5.12. The van der Waals surface area contributed by atoms with Crippen LogP contribution in [0.5, 0.6) is 0 Å². The van der Waals surface area contributed by atoms with E-state index in [1.54, 1.807) is 0 Å². The van der Waals surface area contributed by atoms with E-state index in [1.807, 2.05) is 0 Å². The van der Waals surface area contributed by atoms with Crippen molar-refractivity contribution in [1.82, 2.24) is 10.2 Å². The van der Waals surface area contributed by atoms with E-state index in [0.29, 0.717) is 11.5 Å². The molecule has 0 radical (unpaired) electrons. The molecule has 1 aliphatic rings. The molecule has 1 saturated heterocycles. The molecule has 0 amide bonds. The fourth-order valence-corrected chi connectivity index (χ4v) is 1.84. The monoisotopic (exact) mass is 200 g/mol. The van der Waals surface area contributed by atoms with Gasteiger partial charge in [0.2, 0.25) is 0 Å². The molecular weight excluding hydrogens is 176 g/mol. The van der Waals surface area contributed by atoms with Crippen LogP contribution in [0, 0.1) is 5.41 Å². The van der Waals surface area contributed by atoms with Gasteiger partial charge in [-0.1, -0.05) is 20.8 Å². The third-order valence-electron chi connectivity index (χ3n) is 2.94. The SMILES string of the molecule is CNC(CN1CCOCC1)C(C)(C)C. The van der Waals surface area contributed by atoms with Gasteiger partial charge in [0.15, 0.2) is 0 Å². The third-order valence-corrected chi connectivity index (χ3v) is 2.94. The summed E-state index contributed by atoms with van der Waals surface area (Å²) in [5, 5.41) is 3.41. The molecular formula is C11H24N2O. The highest BCUT2D eigenvalue weighted by Crippen LogP contribution is 2.20. The molecule has 1 aliphatic heterocycles. The lowest BCUT2D eigenvalue weighted by Crippen LogP contribution is -2.50. The number of morpholine rings is 1. The van der Waals surface area contributed by atoms with Gasteiger partial charge in [-0.25, -0.2) is 0 Å². The Morgan fingerprint density at radius 1 is 1.29 bits per heavy atom. The maximum absolute atomic E-state index is 5.34. The minimum absolute atomic E-state index is 0.326. The van der Waals surface area contributed by atoms with Gasteiger partial charge in [0.05, 0.1) is 13.2 Å². The first-order chi connectivity index (χ1) is 6.54. The minimum Gasteiger partial charge on any atom is -0.379 e. The highest BCUT2D eigenvalue weighted by molar-refractivity contribution is 4.82. The number of ether oxygens (including phenoxy) is 1. The number of rotatable bonds is 3. The van der Waals surface area contributed by atoms with E-state index in [9.17, 15) is 0 Å². The Bertz CT molecular complexity index is 159. The molecule has 1 heterocycles. The Labute approximate surface area is 87.8 Å². The van der Waals surface area contributed by atoms with E-state index < -0.39 is 0 Å². The molecule has 0 aromatic rings. The van der Waals surface area contributed by atoms with Crippen molar-refractivity contribution < 1.29 is 4.74 Å². The normalized spacial score (nSPS) is 22.3. The van der Waals surface area contributed by atoms with Crippen molar-refractivity contribution in [2.75, 3.05) is 39.9 Å². The molecule has 1 atom stereocenters. The predicted octanol–water partition coefficient (Wildman–Crippen LogP) is 0.953. The molecule has 0 aromatic carbocycles. The maximum atomic E-state index is 5.34. The van der Waals surface area contributed by atoms with Gasteiger partial charge in [-0.05, 0) is 12.5 Å². The lowest BCUT2D eigenvalue weighted by Gasteiger charge is -2.36. The van der Waals surface area contributed by atoms with Gasteiger partial charge in [0.25, 0.3) is 0 Å². The van der Waals surface area contributed by atoms with E-state index in [-0.39, 0.29) is 0 Å². The summed E-state index contributed by atoms with van der Waals surface area (Å²) < 4.78 is 5.34. The average molecular weight is 200 g/mol. The van der Waals surface area contributed by atoms with Gasteiger partial charge in [-0.2, -0.15) is 0 Å². The van der Waals surface area contributed by atoms with Crippen LogP contribution >= 0.6 is 0 Å². The zero-order valence-electron chi connectivity index (χ0n) is 9.97. The van der Waals surface area contributed by atoms with Crippen molar-refractivity contribution in [3.8, 4) is 0 Å². The second-order valence-electron chi connectivity index (χ2n) is 5.12. The third kappa shape index (κ3) is 3.56. The smallest absolute Gasteiger partial charge is 0.0594 e. The van der Waals surface area contributed by atoms with Crippen LogP contribution in [0.2, 0.25) is 0 Å². The number of hydrogen-bond acceptors (Lipinski definition) is 3. The Morgan fingerprint density at radius 2 is 1.86 bits per heavy atom. The average Bonchev–Trinajstić information content (AvgIpc) is 2.14. The van der Waals surface area contributed by atoms with Gasteiger partial charge in [0, 0.05) is 25.7 Å². The van der Waals surface area contributed by atoms with Crippen LogP contribution in [0.4, 0.5) is 0 Å². The van der Waals surface area contributed by atoms with Gasteiger partial charge in [-0.15, -0.1) is 0 Å². The van der Waals surface area contributed by atoms with E-state index in [1.165, 1.54) is 0 Å². The minimum atomic E-state index is 0.326. The van der Waals surface area contributed by atoms with Crippen LogP contribution in [0.1, 0.15) is 20.8 Å². The Kier molecular flexibility index (Phi) is 4.35. The molecule has 1 N–H and O–H groups in total. The zero-order valence-corrected chi connectivity index (χ0v) is 9.97. The van der Waals surface area contributed by atoms with Crippen LogP contribution in [-0.2, 0) is 4.74 Å². The maximum Gasteiger partial charge on any atom is 0.0594 e. The first kappa shape index (κ1) is 12.0. The van der Waals surface area contributed by atoms with Crippen molar-refractivity contribution >= 4 is 0 Å². The fraction of sp³-hybridized carbons (Fsp3) is 1.00. The van der Waals surface area contributed by atoms with Crippen molar-refractivity contribution in [2.24, 2.45) is 5.41 Å². The second kappa shape index (κ2) is 5.10. The van der Waals surface area contributed by atoms with Crippen LogP contribution in [0.3, 0.4) is 0 Å². The summed E-state index contributed by atoms with van der Waals surface area (Å²) in [5.74, 6) is 0. The van der Waals surface area contributed by atoms with Crippen molar-refractivity contribution in [3.05, 3.63) is 0 Å². The summed E-state index contributed by atoms with van der Waals surface area (Å²) >= 11 is 0. The van der Waals surface area contributed by atoms with Crippen molar-refractivity contribution in [3.63, 3.8) is 0 Å². The summed E-state index contributed by atoms with van der Waals surface area (Å²) in [6.07, 6.45) is 0. The quantitative estimate of drug-likeness (QED) is 0.734. The molecule has 84 valence electrons. The van der Waals surface area contributed by atoms with Gasteiger partial charge in [0.1, 0.15) is 0 Å². The molecule has 14 heavy (non-hydrogen) atoms. The summed E-state index contributed by atoms with van der Waals surface area (Å²) in [6, 6.07) is 0.556. The van der Waals surface area contributed by atoms with Crippen LogP contribution in [0.15, 0.2) is 0 Å². The van der Waals surface area contributed by atoms with Crippen LogP contribution < -0.4 is 5.32 Å². The fourth-order valence-electron chi connectivity index (χ4n) is 1.84. The summed E-state index contributed by atoms with van der Waals surface area (Å²) in [4.78, 5) is 2.48. The number of likely N-dealkylation sites (N-methyl/N-ethyl adjacent to an activating group) is 1. The van der Waals surface area contributed by atoms with Crippen molar-refractivity contribution in [2.45, 2.75) is 26.8 Å². The largest absolute Gasteiger partial charge is 0.379 e. The Balaban J connectivity index is 2.39. The first-order valence-electron chi connectivity index (χ1n) is 5.51. The van der Waals surface area contributed by atoms with E-state index in [0.717, 1.165) is 32.8 Å². The number of nitrogens with one attached hydrogen (secondary N) is 1. The Hall–Kier alpha value is -0.120. The molecule has 0 aliphatic carbocycles. The lowest BCUT2D eigenvalue weighted by molar-refractivity contribution is 0.0269. The molecule has 3 nitrogen and oxygen atoms in total. The first-order valence-corrected chi connectivity index (χ1v) is 5.51. The standard InChI is InChI=1S/C11H24N2O/c1-11(2,3)10(12-4)9-13-5-7-14-8-6-13/h10,12H,5-9H2,1-4H3. The zero-order chi connectivity index (χ0) is 10.6. The van der Waals surface area contributed by atoms with Crippen LogP contribution in [0.25, 0.3) is 0 Å². The molecule has 3 heteroatoms. The highest BCUT2D eigenvalue weighted by atomic mass is 16.5. The molecule has 1 unspecified atom stereocenters. The summed E-state index contributed by atoms with van der Waals surface area (Å²) in [6.45, 7) is 11.9. The van der Waals surface area contributed by atoms with Gasteiger partial charge >= 0.3 is 0 Å². The molecule has 1 rings (SSSR count). The van der Waals surface area contributed by atoms with Crippen molar-refractivity contribution in [1.29, 1.82) is 0 Å². The number of hydrogen-bond donors (Lipinski definition) is 1. The topological polar surface area (TPSA) is 24.5 Å². The number of nitrogens with zero attached hydrogens (tertiary/aromatic N) is 1. The van der Waals surface area contributed by atoms with E-state index >= 15 is 0 Å². The molecule has 0 spiro atoms. The van der Waals surface area contributed by atoms with Crippen LogP contribution in [-0.4, -0.2) is 50.8 Å². The summed E-state index contributed by atoms with van der Waals surface area (Å²) in [7, 11) is 2.05. The van der Waals surface area contributed by atoms with Gasteiger partial charge in [-0.3, -0.25) is 4.90 Å². The highest BCUT2D eigenvalue weighted by Gasteiger charge is 2.25. The lowest BCUT2D eigenvalue weighted by atomic mass is 9.86.